The van der Waals surface area contributed by atoms with Gasteiger partial charge in [-0.05, 0) is 54.9 Å². The molecular formula is C12H25NO2. The molecule has 1 aliphatic heterocycles. The fourth-order valence-electron chi connectivity index (χ4n) is 2.32. The van der Waals surface area contributed by atoms with Gasteiger partial charge in [0.05, 0.1) is 17.2 Å². The molecule has 0 radical (unpaired) electrons. The summed E-state index contributed by atoms with van der Waals surface area (Å²) < 4.78 is 6.02. The first-order chi connectivity index (χ1) is 6.47. The Morgan fingerprint density at radius 2 is 1.67 bits per heavy atom. The van der Waals surface area contributed by atoms with Crippen LogP contribution in [0.15, 0.2) is 0 Å². The molecular weight excluding hydrogens is 190 g/mol. The molecule has 1 atom stereocenters. The molecule has 1 saturated heterocycles. The first-order valence-corrected chi connectivity index (χ1v) is 5.64. The lowest BCUT2D eigenvalue weighted by Gasteiger charge is -2.37. The third-order valence-corrected chi connectivity index (χ3v) is 3.09. The molecule has 90 valence electrons. The summed E-state index contributed by atoms with van der Waals surface area (Å²) in [5.74, 6) is 0. The van der Waals surface area contributed by atoms with Crippen LogP contribution >= 0.6 is 0 Å². The van der Waals surface area contributed by atoms with Crippen LogP contribution in [0, 0.1) is 0 Å². The minimum atomic E-state index is -0.323. The van der Waals surface area contributed by atoms with Gasteiger partial charge < -0.3 is 9.94 Å². The Balaban J connectivity index is 2.85. The predicted octanol–water partition coefficient (Wildman–Crippen LogP) is 2.82. The summed E-state index contributed by atoms with van der Waals surface area (Å²) in [7, 11) is 0. The molecule has 0 aromatic rings. The van der Waals surface area contributed by atoms with Crippen molar-refractivity contribution in [1.29, 1.82) is 0 Å². The van der Waals surface area contributed by atoms with Crippen LogP contribution in [0.4, 0.5) is 0 Å². The maximum absolute atomic E-state index is 10.1. The number of hydroxylamine groups is 2. The van der Waals surface area contributed by atoms with Gasteiger partial charge in [-0.15, -0.1) is 0 Å². The first-order valence-electron chi connectivity index (χ1n) is 5.64. The highest BCUT2D eigenvalue weighted by Gasteiger charge is 2.52. The minimum Gasteiger partial charge on any atom is -0.371 e. The second-order valence-electron chi connectivity index (χ2n) is 6.70. The van der Waals surface area contributed by atoms with Gasteiger partial charge in [-0.25, -0.2) is 0 Å². The van der Waals surface area contributed by atoms with Crippen LogP contribution in [-0.2, 0) is 4.74 Å². The van der Waals surface area contributed by atoms with Crippen molar-refractivity contribution in [1.82, 2.24) is 5.06 Å². The van der Waals surface area contributed by atoms with Gasteiger partial charge in [0.2, 0.25) is 0 Å². The van der Waals surface area contributed by atoms with Gasteiger partial charge in [0.1, 0.15) is 0 Å². The molecule has 0 aromatic heterocycles. The Morgan fingerprint density at radius 1 is 1.20 bits per heavy atom. The normalized spacial score (nSPS) is 30.8. The number of rotatable bonds is 1. The maximum atomic E-state index is 10.1. The van der Waals surface area contributed by atoms with Crippen LogP contribution in [0.1, 0.15) is 54.9 Å². The molecule has 1 heterocycles. The molecule has 0 amide bonds. The summed E-state index contributed by atoms with van der Waals surface area (Å²) >= 11 is 0. The predicted molar refractivity (Wildman–Crippen MR) is 61.0 cm³/mol. The highest BCUT2D eigenvalue weighted by Crippen LogP contribution is 2.42. The van der Waals surface area contributed by atoms with Gasteiger partial charge in [-0.2, -0.15) is 5.06 Å². The van der Waals surface area contributed by atoms with Gasteiger partial charge >= 0.3 is 0 Å². The highest BCUT2D eigenvalue weighted by atomic mass is 16.5. The summed E-state index contributed by atoms with van der Waals surface area (Å²) in [4.78, 5) is 0. The summed E-state index contributed by atoms with van der Waals surface area (Å²) in [6, 6.07) is 0. The molecule has 0 aliphatic carbocycles. The molecule has 1 aliphatic rings. The Hall–Kier alpha value is -0.120. The molecule has 1 unspecified atom stereocenters. The average Bonchev–Trinajstić information content (AvgIpc) is 2.09. The van der Waals surface area contributed by atoms with Crippen LogP contribution in [0.3, 0.4) is 0 Å². The van der Waals surface area contributed by atoms with Crippen LogP contribution in [0.25, 0.3) is 0 Å². The molecule has 0 spiro atoms. The average molecular weight is 215 g/mol. The van der Waals surface area contributed by atoms with Crippen molar-refractivity contribution < 1.29 is 9.94 Å². The largest absolute Gasteiger partial charge is 0.371 e. The number of ether oxygens (including phenoxy) is 1. The fourth-order valence-corrected chi connectivity index (χ4v) is 2.32. The van der Waals surface area contributed by atoms with E-state index < -0.39 is 0 Å². The summed E-state index contributed by atoms with van der Waals surface area (Å²) in [6.45, 7) is 14.3. The van der Waals surface area contributed by atoms with Gasteiger partial charge in [-0.3, -0.25) is 0 Å². The second kappa shape index (κ2) is 3.44. The lowest BCUT2D eigenvalue weighted by Crippen LogP contribution is -2.50. The molecule has 1 fully saturated rings. The Kier molecular flexibility index (Phi) is 2.97. The summed E-state index contributed by atoms with van der Waals surface area (Å²) in [5, 5.41) is 11.5. The van der Waals surface area contributed by atoms with E-state index >= 15 is 0 Å². The summed E-state index contributed by atoms with van der Waals surface area (Å²) in [5.41, 5.74) is -0.695. The van der Waals surface area contributed by atoms with E-state index in [1.807, 2.05) is 27.7 Å². The van der Waals surface area contributed by atoms with E-state index in [4.69, 9.17) is 4.74 Å². The lowest BCUT2D eigenvalue weighted by atomic mass is 9.96. The van der Waals surface area contributed by atoms with E-state index in [1.54, 1.807) is 0 Å². The van der Waals surface area contributed by atoms with Crippen LogP contribution in [0.2, 0.25) is 0 Å². The third kappa shape index (κ3) is 2.52. The van der Waals surface area contributed by atoms with Gasteiger partial charge in [0, 0.05) is 5.54 Å². The smallest absolute Gasteiger partial charge is 0.0801 e. The molecule has 1 rings (SSSR count). The quantitative estimate of drug-likeness (QED) is 0.730. The van der Waals surface area contributed by atoms with Crippen molar-refractivity contribution >= 4 is 0 Å². The van der Waals surface area contributed by atoms with Crippen molar-refractivity contribution in [3.8, 4) is 0 Å². The molecule has 3 heteroatoms. The first kappa shape index (κ1) is 12.9. The SMILES string of the molecule is CC(C)(C)OC1CC(C)(C)N(O)C1(C)C. The zero-order chi connectivity index (χ0) is 12.1. The summed E-state index contributed by atoms with van der Waals surface area (Å²) in [6.07, 6.45) is 0.922. The molecule has 15 heavy (non-hydrogen) atoms. The number of hydrogen-bond acceptors (Lipinski definition) is 3. The van der Waals surface area contributed by atoms with Crippen molar-refractivity contribution in [2.24, 2.45) is 0 Å². The standard InChI is InChI=1S/C12H25NO2/c1-10(2,3)15-9-8-11(4,5)13(14)12(9,6)7/h9,14H,8H2,1-7H3. The van der Waals surface area contributed by atoms with E-state index in [2.05, 4.69) is 20.8 Å². The van der Waals surface area contributed by atoms with E-state index in [0.29, 0.717) is 0 Å². The molecule has 0 aromatic carbocycles. The minimum absolute atomic E-state index is 0.0671. The van der Waals surface area contributed by atoms with Gasteiger partial charge in [0.15, 0.2) is 0 Å². The monoisotopic (exact) mass is 215 g/mol. The number of hydrogen-bond donors (Lipinski definition) is 1. The van der Waals surface area contributed by atoms with Gasteiger partial charge in [0.25, 0.3) is 0 Å². The molecule has 0 saturated carbocycles. The van der Waals surface area contributed by atoms with Crippen LogP contribution < -0.4 is 0 Å². The van der Waals surface area contributed by atoms with Gasteiger partial charge in [-0.1, -0.05) is 0 Å². The van der Waals surface area contributed by atoms with E-state index in [9.17, 15) is 5.21 Å². The third-order valence-electron chi connectivity index (χ3n) is 3.09. The zero-order valence-electron chi connectivity index (χ0n) is 11.1. The Bertz CT molecular complexity index is 238. The maximum Gasteiger partial charge on any atom is 0.0801 e. The van der Waals surface area contributed by atoms with E-state index in [-0.39, 0.29) is 22.8 Å². The fraction of sp³-hybridized carbons (Fsp3) is 1.00. The molecule has 3 nitrogen and oxygen atoms in total. The highest BCUT2D eigenvalue weighted by molar-refractivity contribution is 5.03. The Morgan fingerprint density at radius 3 is 1.93 bits per heavy atom. The van der Waals surface area contributed by atoms with Crippen molar-refractivity contribution in [3.05, 3.63) is 0 Å². The molecule has 1 N–H and O–H groups in total. The van der Waals surface area contributed by atoms with E-state index in [0.717, 1.165) is 6.42 Å². The van der Waals surface area contributed by atoms with Crippen molar-refractivity contribution in [2.45, 2.75) is 77.7 Å². The van der Waals surface area contributed by atoms with Crippen LogP contribution in [-0.4, -0.2) is 33.1 Å². The number of nitrogens with zero attached hydrogens (tertiary/aromatic N) is 1. The Labute approximate surface area is 93.4 Å². The van der Waals surface area contributed by atoms with E-state index in [1.165, 1.54) is 5.06 Å². The molecule has 0 bridgehead atoms. The van der Waals surface area contributed by atoms with Crippen molar-refractivity contribution in [3.63, 3.8) is 0 Å². The zero-order valence-corrected chi connectivity index (χ0v) is 11.1. The lowest BCUT2D eigenvalue weighted by molar-refractivity contribution is -0.211. The topological polar surface area (TPSA) is 32.7 Å². The second-order valence-corrected chi connectivity index (χ2v) is 6.70. The van der Waals surface area contributed by atoms with Crippen molar-refractivity contribution in [2.75, 3.05) is 0 Å². The van der Waals surface area contributed by atoms with Crippen LogP contribution in [0.5, 0.6) is 0 Å².